The number of carbonyl (C=O) groups excluding carboxylic acids is 3. The second-order valence-corrected chi connectivity index (χ2v) is 20.9. The van der Waals surface area contributed by atoms with Crippen molar-refractivity contribution in [2.45, 2.75) is 232 Å². The summed E-state index contributed by atoms with van der Waals surface area (Å²) in [6.07, 6.45) is 79.2. The van der Waals surface area contributed by atoms with Crippen molar-refractivity contribution < 1.29 is 42.9 Å². The van der Waals surface area contributed by atoms with E-state index in [1.54, 1.807) is 0 Å². The summed E-state index contributed by atoms with van der Waals surface area (Å²) in [6, 6.07) is 0. The first-order chi connectivity index (χ1) is 37.6. The molecule has 77 heavy (non-hydrogen) atoms. The molecule has 0 aliphatic carbocycles. The standard InChI is InChI=1S/C68H111NO8/c1-6-8-10-12-14-16-18-20-22-24-26-27-28-29-30-31-32-33-34-35-36-37-38-39-41-43-45-47-49-51-53-55-57-59-66(71)77-64(63-76-68(67(72)73)74-61-60-69(3,4)5)62-75-65(70)58-56-54-52-50-48-46-44-42-40-25-23-21-19-17-15-13-11-9-7-2/h8,10,14-17,20-23,26-27,29-30,32-33,35-36,38-39,43,45,64,68H,6-7,9,11-13,18-19,24-25,28,31,34,37,40-42,44,46-63H2,1-5H3/b10-8-,16-14-,17-15-,22-20-,23-21-,27-26-,30-29-,33-32-,36-35-,39-38-,45-43-. The lowest BCUT2D eigenvalue weighted by Crippen LogP contribution is -2.44. The van der Waals surface area contributed by atoms with Gasteiger partial charge in [-0.15, -0.1) is 0 Å². The molecule has 2 unspecified atom stereocenters. The molecule has 9 nitrogen and oxygen atoms in total. The first kappa shape index (κ1) is 72.4. The van der Waals surface area contributed by atoms with E-state index in [1.807, 2.05) is 21.1 Å². The molecule has 0 heterocycles. The molecule has 0 aromatic heterocycles. The van der Waals surface area contributed by atoms with Gasteiger partial charge in [-0.2, -0.15) is 0 Å². The summed E-state index contributed by atoms with van der Waals surface area (Å²) in [5.41, 5.74) is 0. The molecule has 9 heteroatoms. The normalized spacial score (nSPS) is 13.7. The maximum absolute atomic E-state index is 12.9. The predicted molar refractivity (Wildman–Crippen MR) is 324 cm³/mol. The molecule has 0 aliphatic rings. The van der Waals surface area contributed by atoms with E-state index in [0.717, 1.165) is 128 Å². The summed E-state index contributed by atoms with van der Waals surface area (Å²) in [7, 11) is 5.90. The van der Waals surface area contributed by atoms with Crippen molar-refractivity contribution >= 4 is 17.9 Å². The van der Waals surface area contributed by atoms with Crippen molar-refractivity contribution in [2.75, 3.05) is 47.5 Å². The number of allylic oxidation sites excluding steroid dienone is 22. The molecule has 436 valence electrons. The second-order valence-electron chi connectivity index (χ2n) is 20.9. The first-order valence-corrected chi connectivity index (χ1v) is 30.3. The van der Waals surface area contributed by atoms with Crippen LogP contribution in [0.4, 0.5) is 0 Å². The van der Waals surface area contributed by atoms with Crippen molar-refractivity contribution in [1.29, 1.82) is 0 Å². The van der Waals surface area contributed by atoms with Crippen LogP contribution in [-0.2, 0) is 33.3 Å². The molecule has 0 bridgehead atoms. The van der Waals surface area contributed by atoms with Gasteiger partial charge in [0, 0.05) is 12.8 Å². The van der Waals surface area contributed by atoms with E-state index in [0.29, 0.717) is 17.4 Å². The van der Waals surface area contributed by atoms with Crippen LogP contribution < -0.4 is 5.11 Å². The molecule has 0 spiro atoms. The number of nitrogens with zero attached hydrogens (tertiary/aromatic N) is 1. The number of esters is 2. The molecule has 0 aromatic carbocycles. The highest BCUT2D eigenvalue weighted by Gasteiger charge is 2.22. The second kappa shape index (κ2) is 57.6. The maximum atomic E-state index is 12.9. The van der Waals surface area contributed by atoms with Gasteiger partial charge in [-0.05, 0) is 116 Å². The Labute approximate surface area is 471 Å². The fraction of sp³-hybridized carbons (Fsp3) is 0.632. The van der Waals surface area contributed by atoms with E-state index in [1.165, 1.54) is 57.8 Å². The lowest BCUT2D eigenvalue weighted by molar-refractivity contribution is -0.870. The third-order valence-corrected chi connectivity index (χ3v) is 12.4. The number of carbonyl (C=O) groups is 3. The number of quaternary nitrogens is 1. The summed E-state index contributed by atoms with van der Waals surface area (Å²) in [4.78, 5) is 37.3. The Morgan fingerprint density at radius 2 is 0.740 bits per heavy atom. The predicted octanol–water partition coefficient (Wildman–Crippen LogP) is 16.9. The smallest absolute Gasteiger partial charge is 0.306 e. The van der Waals surface area contributed by atoms with Crippen molar-refractivity contribution in [3.8, 4) is 0 Å². The van der Waals surface area contributed by atoms with Crippen LogP contribution in [0, 0.1) is 0 Å². The zero-order valence-corrected chi connectivity index (χ0v) is 49.5. The Bertz CT molecular complexity index is 1720. The van der Waals surface area contributed by atoms with Crippen LogP contribution in [0.2, 0.25) is 0 Å². The minimum Gasteiger partial charge on any atom is -0.545 e. The number of aliphatic carboxylic acids is 1. The number of rotatable bonds is 54. The fourth-order valence-electron chi connectivity index (χ4n) is 7.73. The van der Waals surface area contributed by atoms with Crippen LogP contribution >= 0.6 is 0 Å². The van der Waals surface area contributed by atoms with E-state index in [9.17, 15) is 19.5 Å². The third-order valence-electron chi connectivity index (χ3n) is 12.4. The van der Waals surface area contributed by atoms with E-state index >= 15 is 0 Å². The van der Waals surface area contributed by atoms with Gasteiger partial charge in [-0.25, -0.2) is 0 Å². The summed E-state index contributed by atoms with van der Waals surface area (Å²) in [6.45, 7) is 4.56. The zero-order valence-electron chi connectivity index (χ0n) is 49.5. The van der Waals surface area contributed by atoms with E-state index < -0.39 is 24.3 Å². The Morgan fingerprint density at radius 3 is 1.10 bits per heavy atom. The van der Waals surface area contributed by atoms with Crippen LogP contribution in [0.5, 0.6) is 0 Å². The molecule has 0 aliphatic heterocycles. The number of likely N-dealkylation sites (N-methyl/N-ethyl adjacent to an activating group) is 1. The Kier molecular flexibility index (Phi) is 54.2. The number of hydrogen-bond acceptors (Lipinski definition) is 8. The van der Waals surface area contributed by atoms with Gasteiger partial charge in [0.25, 0.3) is 0 Å². The highest BCUT2D eigenvalue weighted by atomic mass is 16.7. The quantitative estimate of drug-likeness (QED) is 0.0195. The Balaban J connectivity index is 4.31. The highest BCUT2D eigenvalue weighted by molar-refractivity contribution is 5.70. The van der Waals surface area contributed by atoms with Gasteiger partial charge in [0.05, 0.1) is 40.3 Å². The van der Waals surface area contributed by atoms with Crippen LogP contribution in [0.3, 0.4) is 0 Å². The monoisotopic (exact) mass is 1070 g/mol. The van der Waals surface area contributed by atoms with Crippen molar-refractivity contribution in [3.05, 3.63) is 134 Å². The Morgan fingerprint density at radius 1 is 0.403 bits per heavy atom. The van der Waals surface area contributed by atoms with E-state index in [4.69, 9.17) is 18.9 Å². The van der Waals surface area contributed by atoms with Crippen molar-refractivity contribution in [1.82, 2.24) is 0 Å². The van der Waals surface area contributed by atoms with Gasteiger partial charge in [0.15, 0.2) is 12.4 Å². The van der Waals surface area contributed by atoms with Crippen LogP contribution in [0.1, 0.15) is 219 Å². The molecule has 0 radical (unpaired) electrons. The molecule has 0 N–H and O–H groups in total. The van der Waals surface area contributed by atoms with Gasteiger partial charge < -0.3 is 33.3 Å². The van der Waals surface area contributed by atoms with Gasteiger partial charge in [0.1, 0.15) is 13.2 Å². The number of ether oxygens (including phenoxy) is 4. The summed E-state index contributed by atoms with van der Waals surface area (Å²) < 4.78 is 22.7. The lowest BCUT2D eigenvalue weighted by atomic mass is 10.1. The lowest BCUT2D eigenvalue weighted by Gasteiger charge is -2.26. The minimum atomic E-state index is -1.64. The maximum Gasteiger partial charge on any atom is 0.306 e. The SMILES string of the molecule is CC/C=C\C/C=C\C/C=C\C/C=C\C/C=C\C/C=C\C/C=C\C/C=C\C/C=C\CCCCCCCC(=O)OC(COC(=O)CCCCCCCCCCC/C=C\C/C=C\CCCCC)COC(OCC[N+](C)(C)C)C(=O)[O-]. The summed E-state index contributed by atoms with van der Waals surface area (Å²) in [5.74, 6) is -2.33. The zero-order chi connectivity index (χ0) is 56.2. The summed E-state index contributed by atoms with van der Waals surface area (Å²) >= 11 is 0. The molecular weight excluding hydrogens is 959 g/mol. The number of unbranched alkanes of at least 4 members (excludes halogenated alkanes) is 17. The molecular formula is C68H111NO8. The molecule has 0 rings (SSSR count). The minimum absolute atomic E-state index is 0.135. The fourth-order valence-corrected chi connectivity index (χ4v) is 7.73. The number of carboxylic acids is 1. The van der Waals surface area contributed by atoms with E-state index in [-0.39, 0.29) is 38.6 Å². The van der Waals surface area contributed by atoms with Gasteiger partial charge >= 0.3 is 11.9 Å². The van der Waals surface area contributed by atoms with Crippen LogP contribution in [0.25, 0.3) is 0 Å². The highest BCUT2D eigenvalue weighted by Crippen LogP contribution is 2.14. The first-order valence-electron chi connectivity index (χ1n) is 30.3. The van der Waals surface area contributed by atoms with Gasteiger partial charge in [0.2, 0.25) is 0 Å². The molecule has 0 saturated heterocycles. The van der Waals surface area contributed by atoms with Crippen LogP contribution in [-0.4, -0.2) is 82.3 Å². The van der Waals surface area contributed by atoms with Gasteiger partial charge in [-0.1, -0.05) is 225 Å². The number of carboxylic acid groups (broad SMARTS) is 1. The molecule has 2 atom stereocenters. The topological polar surface area (TPSA) is 111 Å². The van der Waals surface area contributed by atoms with E-state index in [2.05, 4.69) is 148 Å². The molecule has 0 fully saturated rings. The summed E-state index contributed by atoms with van der Waals surface area (Å²) in [5, 5.41) is 11.8. The van der Waals surface area contributed by atoms with Crippen LogP contribution in [0.15, 0.2) is 134 Å². The Hall–Kier alpha value is -4.57. The van der Waals surface area contributed by atoms with Crippen molar-refractivity contribution in [2.24, 2.45) is 0 Å². The molecule has 0 amide bonds. The van der Waals surface area contributed by atoms with Crippen molar-refractivity contribution in [3.63, 3.8) is 0 Å². The third kappa shape index (κ3) is 58.9. The average molecular weight is 1070 g/mol. The largest absolute Gasteiger partial charge is 0.545 e. The average Bonchev–Trinajstić information content (AvgIpc) is 3.40. The number of hydrogen-bond donors (Lipinski definition) is 0. The molecule has 0 saturated carbocycles. The van der Waals surface area contributed by atoms with Gasteiger partial charge in [-0.3, -0.25) is 9.59 Å². The molecule has 0 aromatic rings.